The first kappa shape index (κ1) is 24.0. The van der Waals surface area contributed by atoms with Crippen LogP contribution in [0.1, 0.15) is 109 Å². The Morgan fingerprint density at radius 2 is 0.846 bits per heavy atom. The van der Waals surface area contributed by atoms with Crippen LogP contribution in [-0.2, 0) is 0 Å². The number of rotatable bonds is 17. The number of unbranched alkanes of at least 4 members (excludes halogenated alkanes) is 14. The molecule has 0 fully saturated rings. The zero-order chi connectivity index (χ0) is 19.3. The van der Waals surface area contributed by atoms with Crippen molar-refractivity contribution in [3.8, 4) is 24.3 Å². The molecule has 0 amide bonds. The number of nitriles is 4. The van der Waals surface area contributed by atoms with Crippen molar-refractivity contribution >= 4 is 0 Å². The summed E-state index contributed by atoms with van der Waals surface area (Å²) >= 11 is 0. The van der Waals surface area contributed by atoms with Crippen LogP contribution in [0.3, 0.4) is 0 Å². The minimum Gasteiger partial charge on any atom is -0.198 e. The molecule has 0 aromatic heterocycles. The molecular formula is C22H34N4. The van der Waals surface area contributed by atoms with E-state index in [4.69, 9.17) is 21.0 Å². The van der Waals surface area contributed by atoms with E-state index in [1.807, 2.05) is 18.2 Å². The maximum Gasteiger partial charge on any atom is 0.156 e. The quantitative estimate of drug-likeness (QED) is 0.271. The van der Waals surface area contributed by atoms with Gasteiger partial charge < -0.3 is 0 Å². The monoisotopic (exact) mass is 354 g/mol. The Labute approximate surface area is 160 Å². The molecule has 142 valence electrons. The molecule has 4 heteroatoms. The van der Waals surface area contributed by atoms with Crippen molar-refractivity contribution < 1.29 is 0 Å². The minimum absolute atomic E-state index is 0.0138. The normalized spacial score (nSPS) is 10.5. The molecule has 0 rings (SSSR count). The highest BCUT2D eigenvalue weighted by atomic mass is 14.4. The van der Waals surface area contributed by atoms with E-state index in [1.165, 1.54) is 64.2 Å². The lowest BCUT2D eigenvalue weighted by molar-refractivity contribution is 0.446. The zero-order valence-electron chi connectivity index (χ0n) is 16.3. The Balaban J connectivity index is 3.35. The highest BCUT2D eigenvalue weighted by Crippen LogP contribution is 2.27. The van der Waals surface area contributed by atoms with E-state index in [1.54, 1.807) is 0 Å². The van der Waals surface area contributed by atoms with Crippen LogP contribution in [0.2, 0.25) is 0 Å². The minimum atomic E-state index is -1.09. The van der Waals surface area contributed by atoms with Gasteiger partial charge >= 0.3 is 0 Å². The van der Waals surface area contributed by atoms with Gasteiger partial charge in [0.15, 0.2) is 5.41 Å². The summed E-state index contributed by atoms with van der Waals surface area (Å²) in [6.07, 6.45) is 18.3. The number of nitrogens with zero attached hydrogens (tertiary/aromatic N) is 4. The molecule has 0 bridgehead atoms. The summed E-state index contributed by atoms with van der Waals surface area (Å²) in [4.78, 5) is 0. The second kappa shape index (κ2) is 17.8. The van der Waals surface area contributed by atoms with Crippen LogP contribution in [-0.4, -0.2) is 0 Å². The van der Waals surface area contributed by atoms with E-state index >= 15 is 0 Å². The SMILES string of the molecule is N#CCCCCCCCCCCCCCCCCC(C#N)(C#N)CC#N. The molecule has 0 saturated carbocycles. The summed E-state index contributed by atoms with van der Waals surface area (Å²) in [6.45, 7) is 0. The smallest absolute Gasteiger partial charge is 0.156 e. The van der Waals surface area contributed by atoms with Gasteiger partial charge in [0.25, 0.3) is 0 Å². The van der Waals surface area contributed by atoms with Crippen molar-refractivity contribution in [3.05, 3.63) is 0 Å². The second-order valence-electron chi connectivity index (χ2n) is 7.25. The van der Waals surface area contributed by atoms with Crippen molar-refractivity contribution in [1.29, 1.82) is 21.0 Å². The van der Waals surface area contributed by atoms with E-state index in [2.05, 4.69) is 6.07 Å². The third kappa shape index (κ3) is 13.3. The molecule has 0 heterocycles. The highest BCUT2D eigenvalue weighted by molar-refractivity contribution is 5.16. The van der Waals surface area contributed by atoms with E-state index in [9.17, 15) is 0 Å². The van der Waals surface area contributed by atoms with Crippen LogP contribution in [0.4, 0.5) is 0 Å². The lowest BCUT2D eigenvalue weighted by Gasteiger charge is -2.13. The Morgan fingerprint density at radius 3 is 1.19 bits per heavy atom. The van der Waals surface area contributed by atoms with Crippen LogP contribution in [0.25, 0.3) is 0 Å². The van der Waals surface area contributed by atoms with Gasteiger partial charge in [0.05, 0.1) is 30.7 Å². The fourth-order valence-corrected chi connectivity index (χ4v) is 3.19. The Morgan fingerprint density at radius 1 is 0.462 bits per heavy atom. The number of hydrogen-bond acceptors (Lipinski definition) is 4. The average molecular weight is 355 g/mol. The molecule has 0 unspecified atom stereocenters. The van der Waals surface area contributed by atoms with Gasteiger partial charge in [-0.2, -0.15) is 21.0 Å². The highest BCUT2D eigenvalue weighted by Gasteiger charge is 2.29. The molecule has 0 aliphatic rings. The lowest BCUT2D eigenvalue weighted by atomic mass is 9.83. The van der Waals surface area contributed by atoms with Gasteiger partial charge in [-0.05, 0) is 12.8 Å². The van der Waals surface area contributed by atoms with Gasteiger partial charge in [0.1, 0.15) is 0 Å². The summed E-state index contributed by atoms with van der Waals surface area (Å²) in [6, 6.07) is 8.20. The standard InChI is InChI=1S/C22H34N4/c23-18-15-13-11-9-7-5-3-1-2-4-6-8-10-12-14-16-22(20-25,21-26)17-19-24/h1-17H2. The predicted octanol–water partition coefficient (Wildman–Crippen LogP) is 6.70. The van der Waals surface area contributed by atoms with Gasteiger partial charge in [0.2, 0.25) is 0 Å². The molecule has 0 N–H and O–H groups in total. The van der Waals surface area contributed by atoms with E-state index in [0.29, 0.717) is 12.8 Å². The Bertz CT molecular complexity index is 484. The fraction of sp³-hybridized carbons (Fsp3) is 0.818. The first-order chi connectivity index (χ1) is 12.7. The summed E-state index contributed by atoms with van der Waals surface area (Å²) in [5.41, 5.74) is -1.09. The first-order valence-electron chi connectivity index (χ1n) is 10.3. The van der Waals surface area contributed by atoms with Crippen molar-refractivity contribution in [2.75, 3.05) is 0 Å². The van der Waals surface area contributed by atoms with E-state index in [0.717, 1.165) is 25.7 Å². The molecule has 0 saturated heterocycles. The van der Waals surface area contributed by atoms with Crippen LogP contribution < -0.4 is 0 Å². The zero-order valence-corrected chi connectivity index (χ0v) is 16.3. The third-order valence-corrected chi connectivity index (χ3v) is 4.95. The molecule has 0 aromatic carbocycles. The van der Waals surface area contributed by atoms with Gasteiger partial charge in [-0.15, -0.1) is 0 Å². The second-order valence-corrected chi connectivity index (χ2v) is 7.25. The van der Waals surface area contributed by atoms with Crippen LogP contribution >= 0.6 is 0 Å². The topological polar surface area (TPSA) is 95.2 Å². The van der Waals surface area contributed by atoms with E-state index in [-0.39, 0.29) is 6.42 Å². The van der Waals surface area contributed by atoms with Gasteiger partial charge in [0, 0.05) is 6.42 Å². The molecule has 0 spiro atoms. The van der Waals surface area contributed by atoms with Crippen LogP contribution in [0, 0.1) is 50.7 Å². The van der Waals surface area contributed by atoms with Crippen molar-refractivity contribution in [1.82, 2.24) is 0 Å². The molecule has 0 atom stereocenters. The fourth-order valence-electron chi connectivity index (χ4n) is 3.19. The van der Waals surface area contributed by atoms with E-state index < -0.39 is 5.41 Å². The lowest BCUT2D eigenvalue weighted by Crippen LogP contribution is -2.15. The molecular weight excluding hydrogens is 320 g/mol. The summed E-state index contributed by atoms with van der Waals surface area (Å²) in [5, 5.41) is 35.4. The maximum absolute atomic E-state index is 9.10. The first-order valence-corrected chi connectivity index (χ1v) is 10.3. The average Bonchev–Trinajstić information content (AvgIpc) is 2.66. The third-order valence-electron chi connectivity index (χ3n) is 4.95. The predicted molar refractivity (Wildman–Crippen MR) is 103 cm³/mol. The van der Waals surface area contributed by atoms with Gasteiger partial charge in [-0.3, -0.25) is 0 Å². The van der Waals surface area contributed by atoms with Crippen molar-refractivity contribution in [3.63, 3.8) is 0 Å². The molecule has 0 aromatic rings. The summed E-state index contributed by atoms with van der Waals surface area (Å²) < 4.78 is 0. The Hall–Kier alpha value is -2.04. The van der Waals surface area contributed by atoms with Crippen molar-refractivity contribution in [2.24, 2.45) is 5.41 Å². The molecule has 0 aliphatic heterocycles. The van der Waals surface area contributed by atoms with Crippen molar-refractivity contribution in [2.45, 2.75) is 109 Å². The number of hydrogen-bond donors (Lipinski definition) is 0. The molecule has 0 aliphatic carbocycles. The van der Waals surface area contributed by atoms with Crippen LogP contribution in [0.5, 0.6) is 0 Å². The summed E-state index contributed by atoms with van der Waals surface area (Å²) in [7, 11) is 0. The maximum atomic E-state index is 9.10. The molecule has 0 radical (unpaired) electrons. The molecule has 26 heavy (non-hydrogen) atoms. The van der Waals surface area contributed by atoms with Crippen LogP contribution in [0.15, 0.2) is 0 Å². The molecule has 4 nitrogen and oxygen atoms in total. The van der Waals surface area contributed by atoms with Gasteiger partial charge in [-0.1, -0.05) is 83.5 Å². The Kier molecular flexibility index (Phi) is 16.4. The largest absolute Gasteiger partial charge is 0.198 e. The van der Waals surface area contributed by atoms with Gasteiger partial charge in [-0.25, -0.2) is 0 Å². The summed E-state index contributed by atoms with van der Waals surface area (Å²) in [5.74, 6) is 0.